The molecule has 1 unspecified atom stereocenters. The van der Waals surface area contributed by atoms with Crippen molar-refractivity contribution in [2.75, 3.05) is 7.11 Å². The molecule has 0 spiro atoms. The maximum Gasteiger partial charge on any atom is 0.171 e. The van der Waals surface area contributed by atoms with Gasteiger partial charge in [-0.25, -0.2) is 4.98 Å². The zero-order valence-corrected chi connectivity index (χ0v) is 16.9. The highest BCUT2D eigenvalue weighted by Crippen LogP contribution is 2.36. The highest BCUT2D eigenvalue weighted by Gasteiger charge is 2.30. The summed E-state index contributed by atoms with van der Waals surface area (Å²) in [6.07, 6.45) is 4.84. The maximum atomic E-state index is 6.35. The summed E-state index contributed by atoms with van der Waals surface area (Å²) in [5.41, 5.74) is 2.42. The van der Waals surface area contributed by atoms with Crippen molar-refractivity contribution in [3.63, 3.8) is 0 Å². The lowest BCUT2D eigenvalue weighted by molar-refractivity contribution is 0.0792. The van der Waals surface area contributed by atoms with Crippen LogP contribution in [-0.4, -0.2) is 25.7 Å². The zero-order chi connectivity index (χ0) is 17.7. The molecule has 0 radical (unpaired) electrons. The van der Waals surface area contributed by atoms with E-state index in [1.54, 1.807) is 7.11 Å². The van der Waals surface area contributed by atoms with E-state index in [1.165, 1.54) is 11.3 Å². The summed E-state index contributed by atoms with van der Waals surface area (Å²) >= 11 is 0. The van der Waals surface area contributed by atoms with Crippen molar-refractivity contribution in [3.8, 4) is 5.75 Å². The summed E-state index contributed by atoms with van der Waals surface area (Å²) in [6, 6.07) is 8.18. The topological polar surface area (TPSA) is 36.3 Å². The quantitative estimate of drug-likeness (QED) is 0.704. The van der Waals surface area contributed by atoms with Crippen molar-refractivity contribution in [3.05, 3.63) is 48.0 Å². The number of ether oxygens (including phenoxy) is 1. The first-order valence-corrected chi connectivity index (χ1v) is 11.4. The van der Waals surface area contributed by atoms with E-state index in [4.69, 9.17) is 9.16 Å². The molecule has 0 aliphatic carbocycles. The number of methoxy groups -OCH3 is 1. The fourth-order valence-corrected chi connectivity index (χ4v) is 3.97. The fraction of sp³-hybridized carbons (Fsp3) is 0.526. The third-order valence-corrected chi connectivity index (χ3v) is 4.84. The minimum absolute atomic E-state index is 0.0412. The van der Waals surface area contributed by atoms with Crippen molar-refractivity contribution in [2.45, 2.75) is 52.9 Å². The van der Waals surface area contributed by atoms with Crippen molar-refractivity contribution >= 4 is 9.04 Å². The molecule has 1 aromatic heterocycles. The minimum atomic E-state index is -1.15. The Labute approximate surface area is 147 Å². The van der Waals surface area contributed by atoms with Crippen LogP contribution in [0.25, 0.3) is 0 Å². The molecule has 0 saturated heterocycles. The summed E-state index contributed by atoms with van der Waals surface area (Å²) in [4.78, 5) is 4.39. The molecule has 0 aliphatic rings. The van der Waals surface area contributed by atoms with E-state index < -0.39 is 9.04 Å². The predicted molar refractivity (Wildman–Crippen MR) is 101 cm³/mol. The van der Waals surface area contributed by atoms with Gasteiger partial charge in [0.15, 0.2) is 9.04 Å². The van der Waals surface area contributed by atoms with Gasteiger partial charge in [0.05, 0.1) is 31.4 Å². The zero-order valence-electron chi connectivity index (χ0n) is 15.7. The van der Waals surface area contributed by atoms with Crippen LogP contribution in [0, 0.1) is 5.41 Å². The number of nitrogens with zero attached hydrogens (tertiary/aromatic N) is 2. The summed E-state index contributed by atoms with van der Waals surface area (Å²) in [6.45, 7) is 12.0. The molecule has 0 N–H and O–H groups in total. The predicted octanol–water partition coefficient (Wildman–Crippen LogP) is 4.22. The van der Waals surface area contributed by atoms with Gasteiger partial charge in [-0.3, -0.25) is 0 Å². The molecule has 0 aliphatic heterocycles. The monoisotopic (exact) mass is 346 g/mol. The fourth-order valence-electron chi connectivity index (χ4n) is 2.88. The SMILES string of the molecule is COc1ccccc1CCn1cncc1C(O[SiH](C)C)C(C)(C)C. The Morgan fingerprint density at radius 3 is 2.54 bits per heavy atom. The number of aromatic nitrogens is 2. The van der Waals surface area contributed by atoms with Crippen LogP contribution in [0.3, 0.4) is 0 Å². The number of hydrogen-bond acceptors (Lipinski definition) is 3. The number of benzene rings is 1. The molecule has 1 atom stereocenters. The van der Waals surface area contributed by atoms with Gasteiger partial charge in [-0.1, -0.05) is 39.0 Å². The summed E-state index contributed by atoms with van der Waals surface area (Å²) in [5, 5.41) is 0. The second kappa shape index (κ2) is 7.99. The van der Waals surface area contributed by atoms with Gasteiger partial charge in [0, 0.05) is 6.54 Å². The van der Waals surface area contributed by atoms with E-state index in [0.29, 0.717) is 0 Å². The minimum Gasteiger partial charge on any atom is -0.496 e. The van der Waals surface area contributed by atoms with E-state index in [1.807, 2.05) is 24.7 Å². The maximum absolute atomic E-state index is 6.35. The van der Waals surface area contributed by atoms with Crippen LogP contribution < -0.4 is 4.74 Å². The van der Waals surface area contributed by atoms with E-state index >= 15 is 0 Å². The lowest BCUT2D eigenvalue weighted by Gasteiger charge is -2.33. The third kappa shape index (κ3) is 4.71. The van der Waals surface area contributed by atoms with E-state index in [2.05, 4.69) is 55.5 Å². The number of para-hydroxylation sites is 1. The Balaban J connectivity index is 2.20. The van der Waals surface area contributed by atoms with Crippen LogP contribution in [-0.2, 0) is 17.4 Å². The van der Waals surface area contributed by atoms with Crippen LogP contribution in [0.15, 0.2) is 36.8 Å². The Kier molecular flexibility index (Phi) is 6.24. The van der Waals surface area contributed by atoms with Crippen molar-refractivity contribution in [2.24, 2.45) is 5.41 Å². The Morgan fingerprint density at radius 2 is 1.92 bits per heavy atom. The van der Waals surface area contributed by atoms with Gasteiger partial charge in [-0.15, -0.1) is 0 Å². The van der Waals surface area contributed by atoms with E-state index in [0.717, 1.165) is 18.7 Å². The number of imidazole rings is 1. The smallest absolute Gasteiger partial charge is 0.171 e. The number of hydrogen-bond donors (Lipinski definition) is 0. The van der Waals surface area contributed by atoms with Gasteiger partial charge in [-0.05, 0) is 36.6 Å². The van der Waals surface area contributed by atoms with Gasteiger partial charge in [0.2, 0.25) is 0 Å². The third-order valence-electron chi connectivity index (χ3n) is 4.02. The van der Waals surface area contributed by atoms with E-state index in [-0.39, 0.29) is 11.5 Å². The molecule has 1 heterocycles. The first kappa shape index (κ1) is 18.7. The molecule has 1 aromatic carbocycles. The average Bonchev–Trinajstić information content (AvgIpc) is 2.97. The Hall–Kier alpha value is -1.59. The molecule has 24 heavy (non-hydrogen) atoms. The van der Waals surface area contributed by atoms with Crippen LogP contribution in [0.1, 0.15) is 38.1 Å². The first-order valence-electron chi connectivity index (χ1n) is 8.60. The first-order chi connectivity index (χ1) is 11.3. The van der Waals surface area contributed by atoms with Crippen LogP contribution in [0.4, 0.5) is 0 Å². The summed E-state index contributed by atoms with van der Waals surface area (Å²) in [7, 11) is 0.573. The Bertz CT molecular complexity index is 647. The standard InChI is InChI=1S/C19H30N2O2Si/c1-19(2,3)18(23-24(5)6)16-13-20-14-21(16)12-11-15-9-7-8-10-17(15)22-4/h7-10,13-14,18,24H,11-12H2,1-6H3. The number of rotatable bonds is 7. The van der Waals surface area contributed by atoms with Gasteiger partial charge in [-0.2, -0.15) is 0 Å². The summed E-state index contributed by atoms with van der Waals surface area (Å²) in [5.74, 6) is 0.942. The Morgan fingerprint density at radius 1 is 1.21 bits per heavy atom. The van der Waals surface area contributed by atoms with Crippen molar-refractivity contribution in [1.29, 1.82) is 0 Å². The highest BCUT2D eigenvalue weighted by molar-refractivity contribution is 6.48. The largest absolute Gasteiger partial charge is 0.496 e. The molecule has 0 fully saturated rings. The molecule has 0 saturated carbocycles. The summed E-state index contributed by atoms with van der Waals surface area (Å²) < 4.78 is 14.0. The van der Waals surface area contributed by atoms with Gasteiger partial charge < -0.3 is 13.7 Å². The van der Waals surface area contributed by atoms with Gasteiger partial charge in [0.1, 0.15) is 5.75 Å². The lowest BCUT2D eigenvalue weighted by Crippen LogP contribution is -2.28. The molecule has 132 valence electrons. The van der Waals surface area contributed by atoms with Crippen molar-refractivity contribution in [1.82, 2.24) is 9.55 Å². The molecule has 2 rings (SSSR count). The second-order valence-electron chi connectivity index (χ2n) is 7.50. The molecule has 4 nitrogen and oxygen atoms in total. The molecule has 0 bridgehead atoms. The highest BCUT2D eigenvalue weighted by atomic mass is 28.3. The molecule has 5 heteroatoms. The van der Waals surface area contributed by atoms with Crippen LogP contribution in [0.2, 0.25) is 13.1 Å². The number of aryl methyl sites for hydroxylation is 2. The van der Waals surface area contributed by atoms with E-state index in [9.17, 15) is 0 Å². The average molecular weight is 347 g/mol. The normalized spacial score (nSPS) is 13.3. The van der Waals surface area contributed by atoms with Crippen LogP contribution in [0.5, 0.6) is 5.75 Å². The second-order valence-corrected chi connectivity index (χ2v) is 9.87. The lowest BCUT2D eigenvalue weighted by atomic mass is 9.87. The molecular formula is C19H30N2O2Si. The van der Waals surface area contributed by atoms with Crippen molar-refractivity contribution < 1.29 is 9.16 Å². The molecular weight excluding hydrogens is 316 g/mol. The van der Waals surface area contributed by atoms with Gasteiger partial charge >= 0.3 is 0 Å². The molecule has 2 aromatic rings. The van der Waals surface area contributed by atoms with Crippen LogP contribution >= 0.6 is 0 Å². The van der Waals surface area contributed by atoms with Gasteiger partial charge in [0.25, 0.3) is 0 Å². The molecule has 0 amide bonds.